The van der Waals surface area contributed by atoms with Crippen LogP contribution in [0.25, 0.3) is 0 Å². The average Bonchev–Trinajstić information content (AvgIpc) is 2.49. The molecule has 0 atom stereocenters. The lowest BCUT2D eigenvalue weighted by Gasteiger charge is -2.13. The number of methoxy groups -OCH3 is 1. The van der Waals surface area contributed by atoms with E-state index in [9.17, 15) is 4.79 Å². The molecule has 1 amide bonds. The Balaban J connectivity index is 2.40. The van der Waals surface area contributed by atoms with Crippen LogP contribution in [0.5, 0.6) is 17.2 Å². The number of benzene rings is 2. The van der Waals surface area contributed by atoms with E-state index in [4.69, 9.17) is 26.0 Å². The first kappa shape index (κ1) is 14.7. The molecule has 0 aromatic heterocycles. The zero-order valence-corrected chi connectivity index (χ0v) is 11.5. The fourth-order valence-corrected chi connectivity index (χ4v) is 1.84. The number of anilines is 1. The number of nitrogen functional groups attached to an aromatic ring is 1. The average molecular weight is 288 g/mol. The third-order valence-corrected chi connectivity index (χ3v) is 2.90. The summed E-state index contributed by atoms with van der Waals surface area (Å²) in [5.74, 6) is 0.491. The molecule has 5 N–H and O–H groups in total. The van der Waals surface area contributed by atoms with Crippen LogP contribution in [0.1, 0.15) is 15.9 Å². The smallest absolute Gasteiger partial charge is 0.252 e. The maximum absolute atomic E-state index is 11.4. The summed E-state index contributed by atoms with van der Waals surface area (Å²) in [5.41, 5.74) is 12.2. The number of primary amides is 1. The first-order valence-corrected chi connectivity index (χ1v) is 6.20. The summed E-state index contributed by atoms with van der Waals surface area (Å²) in [7, 11) is 1.49. The van der Waals surface area contributed by atoms with Gasteiger partial charge in [-0.2, -0.15) is 0 Å². The van der Waals surface area contributed by atoms with E-state index in [1.807, 2.05) is 0 Å². The van der Waals surface area contributed by atoms with Gasteiger partial charge in [-0.15, -0.1) is 0 Å². The SMILES string of the molecule is COc1cc(CO)ccc1Oc1ccc(N)cc1C(N)=O. The summed E-state index contributed by atoms with van der Waals surface area (Å²) in [6.45, 7) is -0.106. The number of rotatable bonds is 5. The Hall–Kier alpha value is -2.73. The van der Waals surface area contributed by atoms with E-state index in [2.05, 4.69) is 0 Å². The van der Waals surface area contributed by atoms with Gasteiger partial charge < -0.3 is 26.0 Å². The van der Waals surface area contributed by atoms with Crippen LogP contribution < -0.4 is 20.9 Å². The standard InChI is InChI=1S/C15H16N2O4/c1-20-14-6-9(8-18)2-4-13(14)21-12-5-3-10(16)7-11(12)15(17)19/h2-7,18H,8,16H2,1H3,(H2,17,19). The maximum Gasteiger partial charge on any atom is 0.252 e. The molecule has 2 rings (SSSR count). The van der Waals surface area contributed by atoms with Crippen LogP contribution in [0, 0.1) is 0 Å². The molecule has 0 radical (unpaired) electrons. The predicted molar refractivity (Wildman–Crippen MR) is 78.4 cm³/mol. The van der Waals surface area contributed by atoms with Crippen LogP contribution in [0.4, 0.5) is 5.69 Å². The Morgan fingerprint density at radius 3 is 2.48 bits per heavy atom. The number of carbonyl (C=O) groups is 1. The molecular weight excluding hydrogens is 272 g/mol. The molecule has 0 aliphatic rings. The van der Waals surface area contributed by atoms with E-state index in [1.165, 1.54) is 13.2 Å². The van der Waals surface area contributed by atoms with Gasteiger partial charge in [-0.1, -0.05) is 6.07 Å². The molecule has 2 aromatic rings. The highest BCUT2D eigenvalue weighted by molar-refractivity contribution is 5.96. The summed E-state index contributed by atoms with van der Waals surface area (Å²) in [6, 6.07) is 9.61. The van der Waals surface area contributed by atoms with Crippen molar-refractivity contribution in [2.24, 2.45) is 5.73 Å². The largest absolute Gasteiger partial charge is 0.493 e. The van der Waals surface area contributed by atoms with Gasteiger partial charge in [0.25, 0.3) is 5.91 Å². The molecule has 0 unspecified atom stereocenters. The lowest BCUT2D eigenvalue weighted by molar-refractivity contribution is 0.0998. The molecule has 6 nitrogen and oxygen atoms in total. The fourth-order valence-electron chi connectivity index (χ4n) is 1.84. The number of hydrogen-bond acceptors (Lipinski definition) is 5. The Morgan fingerprint density at radius 1 is 1.14 bits per heavy atom. The lowest BCUT2D eigenvalue weighted by Crippen LogP contribution is -2.12. The van der Waals surface area contributed by atoms with Gasteiger partial charge in [-0.05, 0) is 35.9 Å². The van der Waals surface area contributed by atoms with E-state index in [-0.39, 0.29) is 17.9 Å². The van der Waals surface area contributed by atoms with Crippen molar-refractivity contribution in [1.82, 2.24) is 0 Å². The van der Waals surface area contributed by atoms with Gasteiger partial charge in [0.2, 0.25) is 0 Å². The third-order valence-electron chi connectivity index (χ3n) is 2.90. The summed E-state index contributed by atoms with van der Waals surface area (Å²) in [5, 5.41) is 9.11. The van der Waals surface area contributed by atoms with Crippen LogP contribution in [0.3, 0.4) is 0 Å². The zero-order chi connectivity index (χ0) is 15.4. The number of hydrogen-bond donors (Lipinski definition) is 3. The fraction of sp³-hybridized carbons (Fsp3) is 0.133. The number of ether oxygens (including phenoxy) is 2. The van der Waals surface area contributed by atoms with Crippen LogP contribution in [-0.4, -0.2) is 18.1 Å². The Labute approximate surface area is 121 Å². The molecule has 0 saturated heterocycles. The second-order valence-corrected chi connectivity index (χ2v) is 4.37. The number of carbonyl (C=O) groups excluding carboxylic acids is 1. The van der Waals surface area contributed by atoms with Crippen molar-refractivity contribution in [3.63, 3.8) is 0 Å². The van der Waals surface area contributed by atoms with Gasteiger partial charge >= 0.3 is 0 Å². The molecule has 21 heavy (non-hydrogen) atoms. The van der Waals surface area contributed by atoms with Crippen LogP contribution >= 0.6 is 0 Å². The maximum atomic E-state index is 11.4. The molecule has 6 heteroatoms. The molecule has 0 heterocycles. The molecule has 0 aliphatic carbocycles. The Bertz CT molecular complexity index is 671. The monoisotopic (exact) mass is 288 g/mol. The second kappa shape index (κ2) is 6.15. The van der Waals surface area contributed by atoms with E-state index in [0.717, 1.165) is 0 Å². The minimum atomic E-state index is -0.636. The number of amides is 1. The minimum absolute atomic E-state index is 0.106. The lowest BCUT2D eigenvalue weighted by atomic mass is 10.1. The summed E-state index contributed by atoms with van der Waals surface area (Å²) in [6.07, 6.45) is 0. The topological polar surface area (TPSA) is 108 Å². The van der Waals surface area contributed by atoms with Crippen molar-refractivity contribution in [2.45, 2.75) is 6.61 Å². The van der Waals surface area contributed by atoms with Gasteiger partial charge in [0.15, 0.2) is 11.5 Å². The van der Waals surface area contributed by atoms with Crippen molar-refractivity contribution in [3.8, 4) is 17.2 Å². The molecule has 0 aliphatic heterocycles. The molecule has 0 bridgehead atoms. The summed E-state index contributed by atoms with van der Waals surface area (Å²) in [4.78, 5) is 11.4. The van der Waals surface area contributed by atoms with Crippen molar-refractivity contribution in [1.29, 1.82) is 0 Å². The van der Waals surface area contributed by atoms with Crippen LogP contribution in [-0.2, 0) is 6.61 Å². The van der Waals surface area contributed by atoms with Crippen LogP contribution in [0.15, 0.2) is 36.4 Å². The van der Waals surface area contributed by atoms with Gasteiger partial charge in [0.1, 0.15) is 5.75 Å². The van der Waals surface area contributed by atoms with Gasteiger partial charge in [0, 0.05) is 5.69 Å². The highest BCUT2D eigenvalue weighted by atomic mass is 16.5. The highest BCUT2D eigenvalue weighted by Crippen LogP contribution is 2.34. The summed E-state index contributed by atoms with van der Waals surface area (Å²) < 4.78 is 10.9. The number of nitrogens with two attached hydrogens (primary N) is 2. The van der Waals surface area contributed by atoms with E-state index < -0.39 is 5.91 Å². The zero-order valence-electron chi connectivity index (χ0n) is 11.5. The van der Waals surface area contributed by atoms with Crippen molar-refractivity contribution >= 4 is 11.6 Å². The molecule has 0 fully saturated rings. The molecular formula is C15H16N2O4. The second-order valence-electron chi connectivity index (χ2n) is 4.37. The first-order chi connectivity index (χ1) is 10.0. The Morgan fingerprint density at radius 2 is 1.86 bits per heavy atom. The van der Waals surface area contributed by atoms with E-state index in [1.54, 1.807) is 30.3 Å². The normalized spacial score (nSPS) is 10.2. The quantitative estimate of drug-likeness (QED) is 0.725. The van der Waals surface area contributed by atoms with Crippen molar-refractivity contribution in [3.05, 3.63) is 47.5 Å². The molecule has 0 spiro atoms. The molecule has 0 saturated carbocycles. The molecule has 110 valence electrons. The third kappa shape index (κ3) is 3.24. The van der Waals surface area contributed by atoms with E-state index in [0.29, 0.717) is 22.7 Å². The van der Waals surface area contributed by atoms with E-state index >= 15 is 0 Å². The number of aliphatic hydroxyl groups is 1. The number of aliphatic hydroxyl groups excluding tert-OH is 1. The predicted octanol–water partition coefficient (Wildman–Crippen LogP) is 1.66. The Kier molecular flexibility index (Phi) is 4.30. The van der Waals surface area contributed by atoms with Gasteiger partial charge in [0.05, 0.1) is 19.3 Å². The van der Waals surface area contributed by atoms with Crippen molar-refractivity contribution < 1.29 is 19.4 Å². The van der Waals surface area contributed by atoms with Crippen molar-refractivity contribution in [2.75, 3.05) is 12.8 Å². The van der Waals surface area contributed by atoms with Gasteiger partial charge in [-0.3, -0.25) is 4.79 Å². The molecule has 2 aromatic carbocycles. The first-order valence-electron chi connectivity index (χ1n) is 6.20. The van der Waals surface area contributed by atoms with Gasteiger partial charge in [-0.25, -0.2) is 0 Å². The minimum Gasteiger partial charge on any atom is -0.493 e. The highest BCUT2D eigenvalue weighted by Gasteiger charge is 2.13. The van der Waals surface area contributed by atoms with Crippen LogP contribution in [0.2, 0.25) is 0 Å². The summed E-state index contributed by atoms with van der Waals surface area (Å²) >= 11 is 0.